The lowest BCUT2D eigenvalue weighted by molar-refractivity contribution is 0.415. The fraction of sp³-hybridized carbons (Fsp3) is 0.241. The molecular formula is C29H35N3O3S. The number of hydrogen-bond donors (Lipinski definition) is 3. The van der Waals surface area contributed by atoms with E-state index in [2.05, 4.69) is 34.3 Å². The van der Waals surface area contributed by atoms with Crippen LogP contribution in [-0.4, -0.2) is 35.2 Å². The van der Waals surface area contributed by atoms with Gasteiger partial charge in [0.25, 0.3) is 0 Å². The van der Waals surface area contributed by atoms with Crippen molar-refractivity contribution in [1.82, 2.24) is 10.0 Å². The smallest absolute Gasteiger partial charge is 0.240 e. The molecule has 0 unspecified atom stereocenters. The maximum Gasteiger partial charge on any atom is 0.240 e. The van der Waals surface area contributed by atoms with Crippen LogP contribution in [0.3, 0.4) is 0 Å². The molecule has 0 radical (unpaired) electrons. The van der Waals surface area contributed by atoms with Crippen LogP contribution >= 0.6 is 0 Å². The summed E-state index contributed by atoms with van der Waals surface area (Å²) in [4.78, 5) is 0.298. The molecule has 0 saturated carbocycles. The predicted molar refractivity (Wildman–Crippen MR) is 148 cm³/mol. The molecule has 0 atom stereocenters. The van der Waals surface area contributed by atoms with Crippen LogP contribution in [0.2, 0.25) is 0 Å². The minimum absolute atomic E-state index is 0.298. The van der Waals surface area contributed by atoms with E-state index in [1.807, 2.05) is 60.7 Å². The molecule has 0 saturated heterocycles. The minimum Gasteiger partial charge on any atom is -0.497 e. The maximum absolute atomic E-state index is 12.5. The van der Waals surface area contributed by atoms with Crippen molar-refractivity contribution < 1.29 is 13.2 Å². The molecule has 0 bridgehead atoms. The van der Waals surface area contributed by atoms with Crippen molar-refractivity contribution in [3.05, 3.63) is 108 Å². The fourth-order valence-electron chi connectivity index (χ4n) is 3.63. The molecule has 0 fully saturated rings. The van der Waals surface area contributed by atoms with Crippen LogP contribution in [0.1, 0.15) is 17.5 Å². The Morgan fingerprint density at radius 3 is 2.08 bits per heavy atom. The predicted octanol–water partition coefficient (Wildman–Crippen LogP) is 4.49. The average Bonchev–Trinajstić information content (AvgIpc) is 2.93. The third-order valence-electron chi connectivity index (χ3n) is 5.68. The zero-order chi connectivity index (χ0) is 25.6. The summed E-state index contributed by atoms with van der Waals surface area (Å²) in [6.45, 7) is 2.37. The van der Waals surface area contributed by atoms with Crippen molar-refractivity contribution in [2.24, 2.45) is 5.73 Å². The third-order valence-corrected chi connectivity index (χ3v) is 7.14. The van der Waals surface area contributed by atoms with Crippen molar-refractivity contribution >= 4 is 20.8 Å². The summed E-state index contributed by atoms with van der Waals surface area (Å²) in [5, 5.41) is 5.23. The summed E-state index contributed by atoms with van der Waals surface area (Å²) in [6, 6.07) is 30.9. The number of ether oxygens (including phenoxy) is 1. The van der Waals surface area contributed by atoms with Crippen LogP contribution in [0, 0.1) is 0 Å². The highest BCUT2D eigenvalue weighted by Gasteiger charge is 2.13. The highest BCUT2D eigenvalue weighted by atomic mass is 32.2. The second-order valence-electron chi connectivity index (χ2n) is 8.30. The molecule has 0 aliphatic carbocycles. The Labute approximate surface area is 214 Å². The number of fused-ring (bicyclic) bond motifs is 1. The van der Waals surface area contributed by atoms with Gasteiger partial charge in [-0.05, 0) is 65.6 Å². The van der Waals surface area contributed by atoms with E-state index < -0.39 is 10.0 Å². The lowest BCUT2D eigenvalue weighted by Crippen LogP contribution is -2.32. The zero-order valence-corrected chi connectivity index (χ0v) is 21.5. The van der Waals surface area contributed by atoms with E-state index in [1.165, 1.54) is 5.56 Å². The lowest BCUT2D eigenvalue weighted by Gasteiger charge is -2.09. The van der Waals surface area contributed by atoms with E-state index in [9.17, 15) is 8.42 Å². The Bertz CT molecular complexity index is 1290. The summed E-state index contributed by atoms with van der Waals surface area (Å²) in [7, 11) is -1.83. The summed E-state index contributed by atoms with van der Waals surface area (Å²) >= 11 is 0. The molecule has 0 aromatic heterocycles. The second-order valence-corrected chi connectivity index (χ2v) is 10.1. The first-order valence-corrected chi connectivity index (χ1v) is 13.6. The topological polar surface area (TPSA) is 93.4 Å². The molecule has 0 spiro atoms. The molecule has 0 amide bonds. The molecule has 190 valence electrons. The fourth-order valence-corrected chi connectivity index (χ4v) is 4.70. The van der Waals surface area contributed by atoms with Crippen LogP contribution in [-0.2, 0) is 23.0 Å². The van der Waals surface area contributed by atoms with Gasteiger partial charge in [0.2, 0.25) is 10.0 Å². The van der Waals surface area contributed by atoms with Gasteiger partial charge in [-0.25, -0.2) is 13.1 Å². The molecule has 4 aromatic carbocycles. The summed E-state index contributed by atoms with van der Waals surface area (Å²) < 4.78 is 32.5. The molecule has 6 nitrogen and oxygen atoms in total. The number of nitrogens with two attached hydrogens (primary N) is 1. The summed E-state index contributed by atoms with van der Waals surface area (Å²) in [6.07, 6.45) is 1.99. The average molecular weight is 506 g/mol. The summed E-state index contributed by atoms with van der Waals surface area (Å²) in [5.41, 5.74) is 8.03. The van der Waals surface area contributed by atoms with E-state index >= 15 is 0 Å². The first-order chi connectivity index (χ1) is 17.5. The number of methoxy groups -OCH3 is 1. The number of benzene rings is 4. The Kier molecular flexibility index (Phi) is 10.9. The van der Waals surface area contributed by atoms with Crippen LogP contribution in [0.5, 0.6) is 5.75 Å². The Morgan fingerprint density at radius 1 is 0.750 bits per heavy atom. The molecule has 0 heterocycles. The normalized spacial score (nSPS) is 11.1. The van der Waals surface area contributed by atoms with E-state index in [0.29, 0.717) is 24.5 Å². The second kappa shape index (κ2) is 14.4. The van der Waals surface area contributed by atoms with Gasteiger partial charge in [0, 0.05) is 19.6 Å². The Hall–Kier alpha value is -3.23. The quantitative estimate of drug-likeness (QED) is 0.261. The highest BCUT2D eigenvalue weighted by Crippen LogP contribution is 2.18. The molecule has 4 rings (SSSR count). The monoisotopic (exact) mass is 505 g/mol. The largest absolute Gasteiger partial charge is 0.497 e. The molecule has 36 heavy (non-hydrogen) atoms. The highest BCUT2D eigenvalue weighted by molar-refractivity contribution is 7.89. The minimum atomic E-state index is -3.49. The van der Waals surface area contributed by atoms with Gasteiger partial charge in [0.1, 0.15) is 5.75 Å². The number of rotatable bonds is 11. The van der Waals surface area contributed by atoms with Crippen LogP contribution in [0.25, 0.3) is 10.8 Å². The van der Waals surface area contributed by atoms with Gasteiger partial charge in [-0.2, -0.15) is 0 Å². The van der Waals surface area contributed by atoms with Crippen molar-refractivity contribution in [3.8, 4) is 5.75 Å². The number of hydrogen-bond acceptors (Lipinski definition) is 5. The maximum atomic E-state index is 12.5. The van der Waals surface area contributed by atoms with Crippen LogP contribution in [0.4, 0.5) is 0 Å². The molecule has 0 aliphatic rings. The van der Waals surface area contributed by atoms with Crippen molar-refractivity contribution in [3.63, 3.8) is 0 Å². The van der Waals surface area contributed by atoms with Gasteiger partial charge < -0.3 is 15.8 Å². The first kappa shape index (κ1) is 27.4. The number of nitrogens with one attached hydrogen (secondary N) is 2. The van der Waals surface area contributed by atoms with Gasteiger partial charge in [0.15, 0.2) is 0 Å². The van der Waals surface area contributed by atoms with E-state index in [-0.39, 0.29) is 0 Å². The van der Waals surface area contributed by atoms with Crippen molar-refractivity contribution in [2.45, 2.75) is 24.3 Å². The van der Waals surface area contributed by atoms with E-state index in [0.717, 1.165) is 41.5 Å². The zero-order valence-electron chi connectivity index (χ0n) is 20.7. The molecule has 4 aromatic rings. The number of sulfonamides is 1. The SMILES string of the molecule is COc1ccccc1.NCc1ccc(CCCNCCNS(=O)(=O)c2ccc3ccccc3c2)cc1. The van der Waals surface area contributed by atoms with Gasteiger partial charge >= 0.3 is 0 Å². The summed E-state index contributed by atoms with van der Waals surface area (Å²) in [5.74, 6) is 0.910. The molecule has 7 heteroatoms. The van der Waals surface area contributed by atoms with Crippen molar-refractivity contribution in [1.29, 1.82) is 0 Å². The molecule has 4 N–H and O–H groups in total. The third kappa shape index (κ3) is 8.77. The lowest BCUT2D eigenvalue weighted by atomic mass is 10.1. The van der Waals surface area contributed by atoms with Crippen molar-refractivity contribution in [2.75, 3.05) is 26.7 Å². The van der Waals surface area contributed by atoms with Gasteiger partial charge in [-0.1, -0.05) is 72.8 Å². The van der Waals surface area contributed by atoms with Crippen LogP contribution < -0.4 is 20.5 Å². The molecule has 0 aliphatic heterocycles. The van der Waals surface area contributed by atoms with Gasteiger partial charge in [0.05, 0.1) is 12.0 Å². The Morgan fingerprint density at radius 2 is 1.42 bits per heavy atom. The standard InChI is InChI=1S/C22H27N3O2S.C7H8O/c23-17-19-9-7-18(8-10-19)4-3-13-24-14-15-25-28(26,27)22-12-11-20-5-1-2-6-21(20)16-22;1-8-7-5-3-2-4-6-7/h1-2,5-12,16,24-25H,3-4,13-15,17,23H2;2-6H,1H3. The number of para-hydroxylation sites is 1. The van der Waals surface area contributed by atoms with Crippen LogP contribution in [0.15, 0.2) is 102 Å². The number of aryl methyl sites for hydroxylation is 1. The van der Waals surface area contributed by atoms with Gasteiger partial charge in [-0.3, -0.25) is 0 Å². The van der Waals surface area contributed by atoms with E-state index in [1.54, 1.807) is 19.2 Å². The van der Waals surface area contributed by atoms with Gasteiger partial charge in [-0.15, -0.1) is 0 Å². The first-order valence-electron chi connectivity index (χ1n) is 12.1. The Balaban J connectivity index is 0.000000383. The van der Waals surface area contributed by atoms with E-state index in [4.69, 9.17) is 10.5 Å². The molecular weight excluding hydrogens is 470 g/mol.